The molecule has 2 rings (SSSR count). The summed E-state index contributed by atoms with van der Waals surface area (Å²) < 4.78 is 1.90. The van der Waals surface area contributed by atoms with Crippen LogP contribution in [-0.4, -0.2) is 51.8 Å². The Morgan fingerprint density at radius 1 is 1.27 bits per heavy atom. The van der Waals surface area contributed by atoms with Crippen LogP contribution < -0.4 is 5.32 Å². The van der Waals surface area contributed by atoms with Crippen LogP contribution in [0.25, 0.3) is 0 Å². The third kappa shape index (κ3) is 5.21. The topological polar surface area (TPSA) is 70.4 Å². The molecule has 2 aromatic rings. The Bertz CT molecular complexity index is 543. The molecule has 0 radical (unpaired) electrons. The first kappa shape index (κ1) is 16.0. The number of aliphatic hydroxyl groups is 1. The van der Waals surface area contributed by atoms with E-state index in [0.717, 1.165) is 6.42 Å². The van der Waals surface area contributed by atoms with Gasteiger partial charge in [-0.05, 0) is 12.0 Å². The average molecular weight is 302 g/mol. The predicted octanol–water partition coefficient (Wildman–Crippen LogP) is 1.13. The highest BCUT2D eigenvalue weighted by molar-refractivity contribution is 5.74. The third-order valence-corrected chi connectivity index (χ3v) is 3.38. The molecule has 0 aliphatic rings. The number of rotatable bonds is 8. The van der Waals surface area contributed by atoms with Gasteiger partial charge in [0.1, 0.15) is 0 Å². The van der Waals surface area contributed by atoms with Gasteiger partial charge in [0, 0.05) is 38.6 Å². The number of urea groups is 1. The van der Waals surface area contributed by atoms with E-state index in [1.54, 1.807) is 17.4 Å². The van der Waals surface area contributed by atoms with Gasteiger partial charge in [-0.3, -0.25) is 0 Å². The minimum Gasteiger partial charge on any atom is -0.395 e. The van der Waals surface area contributed by atoms with E-state index in [1.165, 1.54) is 5.56 Å². The molecular weight excluding hydrogens is 280 g/mol. The van der Waals surface area contributed by atoms with Gasteiger partial charge in [0.15, 0.2) is 0 Å². The van der Waals surface area contributed by atoms with Crippen molar-refractivity contribution in [1.29, 1.82) is 0 Å². The SMILES string of the molecule is O=C(NCCn1ccnc1)N(CCO)CCc1ccccc1. The van der Waals surface area contributed by atoms with Crippen LogP contribution in [0.2, 0.25) is 0 Å². The van der Waals surface area contributed by atoms with E-state index in [1.807, 2.05) is 41.1 Å². The number of nitrogens with one attached hydrogen (secondary N) is 1. The molecule has 6 nitrogen and oxygen atoms in total. The molecule has 2 amide bonds. The molecule has 0 saturated carbocycles. The van der Waals surface area contributed by atoms with Crippen molar-refractivity contribution >= 4 is 6.03 Å². The van der Waals surface area contributed by atoms with Gasteiger partial charge in [-0.15, -0.1) is 0 Å². The summed E-state index contributed by atoms with van der Waals surface area (Å²) in [5.41, 5.74) is 1.18. The van der Waals surface area contributed by atoms with Crippen molar-refractivity contribution in [3.8, 4) is 0 Å². The normalized spacial score (nSPS) is 10.4. The lowest BCUT2D eigenvalue weighted by atomic mass is 10.1. The summed E-state index contributed by atoms with van der Waals surface area (Å²) in [6.07, 6.45) is 6.05. The van der Waals surface area contributed by atoms with Crippen LogP contribution in [0.4, 0.5) is 4.79 Å². The molecule has 1 aromatic carbocycles. The van der Waals surface area contributed by atoms with E-state index >= 15 is 0 Å². The molecule has 0 atom stereocenters. The number of aliphatic hydroxyl groups excluding tert-OH is 1. The Labute approximate surface area is 130 Å². The second kappa shape index (κ2) is 8.84. The molecule has 0 aliphatic carbocycles. The van der Waals surface area contributed by atoms with Gasteiger partial charge in [-0.1, -0.05) is 30.3 Å². The summed E-state index contributed by atoms with van der Waals surface area (Å²) in [5.74, 6) is 0. The van der Waals surface area contributed by atoms with Crippen LogP contribution in [-0.2, 0) is 13.0 Å². The highest BCUT2D eigenvalue weighted by atomic mass is 16.3. The second-order valence-electron chi connectivity index (χ2n) is 4.98. The lowest BCUT2D eigenvalue weighted by Crippen LogP contribution is -2.43. The molecule has 0 spiro atoms. The number of hydrogen-bond donors (Lipinski definition) is 2. The number of hydrogen-bond acceptors (Lipinski definition) is 3. The maximum Gasteiger partial charge on any atom is 0.317 e. The van der Waals surface area contributed by atoms with Gasteiger partial charge in [0.2, 0.25) is 0 Å². The van der Waals surface area contributed by atoms with Crippen molar-refractivity contribution in [2.45, 2.75) is 13.0 Å². The average Bonchev–Trinajstić information content (AvgIpc) is 3.05. The Balaban J connectivity index is 1.77. The molecule has 0 fully saturated rings. The summed E-state index contributed by atoms with van der Waals surface area (Å²) in [5, 5.41) is 12.0. The van der Waals surface area contributed by atoms with Crippen molar-refractivity contribution in [2.75, 3.05) is 26.2 Å². The van der Waals surface area contributed by atoms with Crippen molar-refractivity contribution in [3.63, 3.8) is 0 Å². The largest absolute Gasteiger partial charge is 0.395 e. The van der Waals surface area contributed by atoms with Gasteiger partial charge in [-0.2, -0.15) is 0 Å². The van der Waals surface area contributed by atoms with Crippen molar-refractivity contribution < 1.29 is 9.90 Å². The molecule has 0 aliphatic heterocycles. The fraction of sp³-hybridized carbons (Fsp3) is 0.375. The summed E-state index contributed by atoms with van der Waals surface area (Å²) in [7, 11) is 0. The van der Waals surface area contributed by atoms with E-state index in [2.05, 4.69) is 10.3 Å². The number of nitrogens with zero attached hydrogens (tertiary/aromatic N) is 3. The van der Waals surface area contributed by atoms with Crippen LogP contribution in [0.3, 0.4) is 0 Å². The fourth-order valence-corrected chi connectivity index (χ4v) is 2.17. The molecule has 0 saturated heterocycles. The number of carbonyl (C=O) groups is 1. The molecule has 0 bridgehead atoms. The zero-order chi connectivity index (χ0) is 15.6. The van der Waals surface area contributed by atoms with Gasteiger partial charge in [0.25, 0.3) is 0 Å². The molecule has 0 unspecified atom stereocenters. The Hall–Kier alpha value is -2.34. The smallest absolute Gasteiger partial charge is 0.317 e. The third-order valence-electron chi connectivity index (χ3n) is 3.38. The molecule has 2 N–H and O–H groups in total. The first-order chi connectivity index (χ1) is 10.8. The zero-order valence-electron chi connectivity index (χ0n) is 12.6. The lowest BCUT2D eigenvalue weighted by Gasteiger charge is -2.22. The predicted molar refractivity (Wildman–Crippen MR) is 84.4 cm³/mol. The van der Waals surface area contributed by atoms with Crippen LogP contribution in [0, 0.1) is 0 Å². The van der Waals surface area contributed by atoms with E-state index in [-0.39, 0.29) is 12.6 Å². The van der Waals surface area contributed by atoms with E-state index in [4.69, 9.17) is 5.11 Å². The van der Waals surface area contributed by atoms with Crippen molar-refractivity contribution in [1.82, 2.24) is 19.8 Å². The summed E-state index contributed by atoms with van der Waals surface area (Å²) in [6.45, 7) is 2.09. The monoisotopic (exact) mass is 302 g/mol. The van der Waals surface area contributed by atoms with E-state index in [9.17, 15) is 4.79 Å². The number of amides is 2. The number of benzene rings is 1. The summed E-state index contributed by atoms with van der Waals surface area (Å²) in [6, 6.07) is 9.86. The van der Waals surface area contributed by atoms with Gasteiger partial charge in [0.05, 0.1) is 12.9 Å². The number of carbonyl (C=O) groups excluding carboxylic acids is 1. The summed E-state index contributed by atoms with van der Waals surface area (Å²) in [4.78, 5) is 17.8. The molecule has 6 heteroatoms. The Morgan fingerprint density at radius 3 is 2.77 bits per heavy atom. The van der Waals surface area contributed by atoms with Crippen molar-refractivity contribution in [2.24, 2.45) is 0 Å². The first-order valence-corrected chi connectivity index (χ1v) is 7.43. The van der Waals surface area contributed by atoms with Gasteiger partial charge in [-0.25, -0.2) is 9.78 Å². The summed E-state index contributed by atoms with van der Waals surface area (Å²) >= 11 is 0. The maximum atomic E-state index is 12.2. The molecule has 1 heterocycles. The first-order valence-electron chi connectivity index (χ1n) is 7.43. The maximum absolute atomic E-state index is 12.2. The van der Waals surface area contributed by atoms with Gasteiger partial charge >= 0.3 is 6.03 Å². The minimum absolute atomic E-state index is 0.0380. The van der Waals surface area contributed by atoms with Crippen LogP contribution in [0.5, 0.6) is 0 Å². The van der Waals surface area contributed by atoms with Crippen LogP contribution in [0.15, 0.2) is 49.1 Å². The second-order valence-corrected chi connectivity index (χ2v) is 4.98. The molecular formula is C16H22N4O2. The Morgan fingerprint density at radius 2 is 2.09 bits per heavy atom. The molecule has 118 valence electrons. The lowest BCUT2D eigenvalue weighted by molar-refractivity contribution is 0.177. The molecule has 22 heavy (non-hydrogen) atoms. The van der Waals surface area contributed by atoms with E-state index < -0.39 is 0 Å². The van der Waals surface area contributed by atoms with Crippen molar-refractivity contribution in [3.05, 3.63) is 54.6 Å². The zero-order valence-corrected chi connectivity index (χ0v) is 12.6. The Kier molecular flexibility index (Phi) is 6.44. The van der Waals surface area contributed by atoms with Crippen LogP contribution >= 0.6 is 0 Å². The van der Waals surface area contributed by atoms with E-state index in [0.29, 0.717) is 26.2 Å². The standard InChI is InChI=1S/C16H22N4O2/c21-13-12-20(9-6-15-4-2-1-3-5-15)16(22)18-8-11-19-10-7-17-14-19/h1-5,7,10,14,21H,6,8-9,11-13H2,(H,18,22). The highest BCUT2D eigenvalue weighted by Crippen LogP contribution is 2.01. The molecule has 1 aromatic heterocycles. The van der Waals surface area contributed by atoms with Gasteiger partial charge < -0.3 is 19.9 Å². The fourth-order valence-electron chi connectivity index (χ4n) is 2.17. The number of aromatic nitrogens is 2. The minimum atomic E-state index is -0.148. The highest BCUT2D eigenvalue weighted by Gasteiger charge is 2.12. The quantitative estimate of drug-likeness (QED) is 0.768. The van der Waals surface area contributed by atoms with Crippen LogP contribution in [0.1, 0.15) is 5.56 Å². The number of imidazole rings is 1.